The van der Waals surface area contributed by atoms with Gasteiger partial charge in [-0.25, -0.2) is 0 Å². The van der Waals surface area contributed by atoms with Gasteiger partial charge in [-0.1, -0.05) is 60.2 Å². The Hall–Kier alpha value is -3.52. The van der Waals surface area contributed by atoms with Gasteiger partial charge in [0.25, 0.3) is 0 Å². The Bertz CT molecular complexity index is 1230. The van der Waals surface area contributed by atoms with E-state index in [0.29, 0.717) is 0 Å². The topological polar surface area (TPSA) is 52.0 Å². The Labute approximate surface area is 164 Å². The molecule has 0 amide bonds. The summed E-state index contributed by atoms with van der Waals surface area (Å²) in [6.07, 6.45) is 0. The SMILES string of the molecule is Cc1ccc2c(c1)C1(c3ccccc3-2)c2cc(N)ccc2-c2ccc(N)cc21. The quantitative estimate of drug-likeness (QED) is 0.351. The van der Waals surface area contributed by atoms with Crippen LogP contribution in [-0.2, 0) is 5.41 Å². The number of hydrogen-bond acceptors (Lipinski definition) is 2. The van der Waals surface area contributed by atoms with Crippen molar-refractivity contribution in [2.24, 2.45) is 0 Å². The molecule has 0 aliphatic heterocycles. The van der Waals surface area contributed by atoms with E-state index < -0.39 is 0 Å². The molecule has 0 fully saturated rings. The molecule has 0 aromatic heterocycles. The van der Waals surface area contributed by atoms with Crippen LogP contribution < -0.4 is 11.5 Å². The Morgan fingerprint density at radius 1 is 0.536 bits per heavy atom. The highest BCUT2D eigenvalue weighted by Gasteiger charge is 2.51. The van der Waals surface area contributed by atoms with Crippen molar-refractivity contribution in [3.8, 4) is 22.3 Å². The summed E-state index contributed by atoms with van der Waals surface area (Å²) in [4.78, 5) is 0. The maximum absolute atomic E-state index is 6.29. The number of benzene rings is 4. The molecular formula is C26H20N2. The average Bonchev–Trinajstić information content (AvgIpc) is 3.13. The van der Waals surface area contributed by atoms with E-state index >= 15 is 0 Å². The number of nitrogens with two attached hydrogens (primary N) is 2. The monoisotopic (exact) mass is 360 g/mol. The predicted molar refractivity (Wildman–Crippen MR) is 116 cm³/mol. The third-order valence-corrected chi connectivity index (χ3v) is 6.39. The molecule has 0 atom stereocenters. The summed E-state index contributed by atoms with van der Waals surface area (Å²) in [7, 11) is 0. The standard InChI is InChI=1S/C26H20N2/c1-15-6-9-19-18-4-2-3-5-22(18)26(23(19)12-15)24-13-16(27)7-10-20(24)21-11-8-17(28)14-25(21)26/h2-14H,27-28H2,1H3. The minimum absolute atomic E-state index is 0.368. The van der Waals surface area contributed by atoms with Crippen LogP contribution in [0.5, 0.6) is 0 Å². The highest BCUT2D eigenvalue weighted by atomic mass is 14.6. The molecule has 2 nitrogen and oxygen atoms in total. The number of fused-ring (bicyclic) bond motifs is 10. The number of anilines is 2. The lowest BCUT2D eigenvalue weighted by Crippen LogP contribution is -2.26. The molecule has 2 heteroatoms. The lowest BCUT2D eigenvalue weighted by Gasteiger charge is -2.31. The zero-order valence-electron chi connectivity index (χ0n) is 15.7. The zero-order valence-corrected chi connectivity index (χ0v) is 15.7. The van der Waals surface area contributed by atoms with Gasteiger partial charge in [-0.05, 0) is 75.7 Å². The second-order valence-corrected chi connectivity index (χ2v) is 7.95. The molecule has 6 rings (SSSR count). The van der Waals surface area contributed by atoms with Crippen molar-refractivity contribution in [3.05, 3.63) is 107 Å². The second kappa shape index (κ2) is 5.05. The summed E-state index contributed by atoms with van der Waals surface area (Å²) >= 11 is 0. The van der Waals surface area contributed by atoms with Crippen molar-refractivity contribution in [2.45, 2.75) is 12.3 Å². The molecule has 0 saturated carbocycles. The van der Waals surface area contributed by atoms with Gasteiger partial charge in [0.1, 0.15) is 0 Å². The second-order valence-electron chi connectivity index (χ2n) is 7.95. The van der Waals surface area contributed by atoms with Gasteiger partial charge in [0, 0.05) is 11.4 Å². The summed E-state index contributed by atoms with van der Waals surface area (Å²) in [6.45, 7) is 2.16. The van der Waals surface area contributed by atoms with Crippen LogP contribution in [0, 0.1) is 6.92 Å². The van der Waals surface area contributed by atoms with Crippen molar-refractivity contribution in [2.75, 3.05) is 11.5 Å². The lowest BCUT2D eigenvalue weighted by molar-refractivity contribution is 0.793. The molecule has 4 N–H and O–H groups in total. The molecule has 2 aliphatic carbocycles. The minimum atomic E-state index is -0.368. The number of aryl methyl sites for hydroxylation is 1. The van der Waals surface area contributed by atoms with Gasteiger partial charge in [0.15, 0.2) is 0 Å². The van der Waals surface area contributed by atoms with Gasteiger partial charge in [-0.2, -0.15) is 0 Å². The van der Waals surface area contributed by atoms with E-state index in [1.807, 2.05) is 12.1 Å². The number of nitrogen functional groups attached to an aromatic ring is 2. The van der Waals surface area contributed by atoms with Gasteiger partial charge in [-0.3, -0.25) is 0 Å². The lowest BCUT2D eigenvalue weighted by atomic mass is 9.70. The smallest absolute Gasteiger partial charge is 0.0727 e. The van der Waals surface area contributed by atoms with Crippen molar-refractivity contribution >= 4 is 11.4 Å². The molecular weight excluding hydrogens is 340 g/mol. The number of hydrogen-bond donors (Lipinski definition) is 2. The molecule has 0 heterocycles. The molecule has 0 radical (unpaired) electrons. The van der Waals surface area contributed by atoms with E-state index in [4.69, 9.17) is 11.5 Å². The third-order valence-electron chi connectivity index (χ3n) is 6.39. The summed E-state index contributed by atoms with van der Waals surface area (Å²) < 4.78 is 0. The van der Waals surface area contributed by atoms with E-state index in [1.54, 1.807) is 0 Å². The van der Waals surface area contributed by atoms with Crippen molar-refractivity contribution in [1.29, 1.82) is 0 Å². The normalized spacial score (nSPS) is 14.5. The van der Waals surface area contributed by atoms with Crippen molar-refractivity contribution in [1.82, 2.24) is 0 Å². The highest BCUT2D eigenvalue weighted by molar-refractivity contribution is 5.96. The molecule has 0 saturated heterocycles. The van der Waals surface area contributed by atoms with Gasteiger partial charge >= 0.3 is 0 Å². The Morgan fingerprint density at radius 2 is 1.04 bits per heavy atom. The Balaban J connectivity index is 1.88. The maximum atomic E-state index is 6.29. The van der Waals surface area contributed by atoms with Crippen LogP contribution in [0.25, 0.3) is 22.3 Å². The van der Waals surface area contributed by atoms with Crippen LogP contribution in [0.1, 0.15) is 27.8 Å². The highest BCUT2D eigenvalue weighted by Crippen LogP contribution is 2.63. The molecule has 0 bridgehead atoms. The van der Waals surface area contributed by atoms with Gasteiger partial charge < -0.3 is 11.5 Å². The minimum Gasteiger partial charge on any atom is -0.399 e. The first-order valence-electron chi connectivity index (χ1n) is 9.62. The third kappa shape index (κ3) is 1.68. The van der Waals surface area contributed by atoms with E-state index in [9.17, 15) is 0 Å². The van der Waals surface area contributed by atoms with Crippen LogP contribution in [0.15, 0.2) is 78.9 Å². The van der Waals surface area contributed by atoms with Crippen LogP contribution >= 0.6 is 0 Å². The fraction of sp³-hybridized carbons (Fsp3) is 0.0769. The predicted octanol–water partition coefficient (Wildman–Crippen LogP) is 5.50. The summed E-state index contributed by atoms with van der Waals surface area (Å²) in [6, 6.07) is 28.2. The average molecular weight is 360 g/mol. The van der Waals surface area contributed by atoms with Gasteiger partial charge in [0.2, 0.25) is 0 Å². The van der Waals surface area contributed by atoms with Crippen LogP contribution in [0.2, 0.25) is 0 Å². The van der Waals surface area contributed by atoms with E-state index in [2.05, 4.69) is 73.7 Å². The van der Waals surface area contributed by atoms with Gasteiger partial charge in [0.05, 0.1) is 5.41 Å². The summed E-state index contributed by atoms with van der Waals surface area (Å²) in [5, 5.41) is 0. The fourth-order valence-electron chi connectivity index (χ4n) is 5.33. The first kappa shape index (κ1) is 15.5. The largest absolute Gasteiger partial charge is 0.399 e. The Kier molecular flexibility index (Phi) is 2.80. The Morgan fingerprint density at radius 3 is 1.68 bits per heavy atom. The zero-order chi connectivity index (χ0) is 19.0. The molecule has 28 heavy (non-hydrogen) atoms. The maximum Gasteiger partial charge on any atom is 0.0727 e. The van der Waals surface area contributed by atoms with Gasteiger partial charge in [-0.15, -0.1) is 0 Å². The fourth-order valence-corrected chi connectivity index (χ4v) is 5.33. The first-order chi connectivity index (χ1) is 13.6. The molecule has 4 aromatic carbocycles. The summed E-state index contributed by atoms with van der Waals surface area (Å²) in [5.41, 5.74) is 25.3. The van der Waals surface area contributed by atoms with E-state index in [0.717, 1.165) is 11.4 Å². The van der Waals surface area contributed by atoms with Crippen LogP contribution in [0.4, 0.5) is 11.4 Å². The van der Waals surface area contributed by atoms with Crippen molar-refractivity contribution in [3.63, 3.8) is 0 Å². The summed E-state index contributed by atoms with van der Waals surface area (Å²) in [5.74, 6) is 0. The molecule has 0 unspecified atom stereocenters. The number of rotatable bonds is 0. The molecule has 134 valence electrons. The molecule has 2 aliphatic rings. The van der Waals surface area contributed by atoms with E-state index in [1.165, 1.54) is 50.1 Å². The van der Waals surface area contributed by atoms with Crippen molar-refractivity contribution < 1.29 is 0 Å². The van der Waals surface area contributed by atoms with Crippen LogP contribution in [-0.4, -0.2) is 0 Å². The molecule has 1 spiro atoms. The first-order valence-corrected chi connectivity index (χ1v) is 9.62. The van der Waals surface area contributed by atoms with E-state index in [-0.39, 0.29) is 5.41 Å². The van der Waals surface area contributed by atoms with Crippen LogP contribution in [0.3, 0.4) is 0 Å². The molecule has 4 aromatic rings.